The van der Waals surface area contributed by atoms with Crippen LogP contribution in [0.2, 0.25) is 0 Å². The third kappa shape index (κ3) is 4.03. The normalized spacial score (nSPS) is 17.4. The van der Waals surface area contributed by atoms with Crippen LogP contribution >= 0.6 is 31.9 Å². The molecule has 1 aliphatic rings. The van der Waals surface area contributed by atoms with E-state index in [1.54, 1.807) is 41.3 Å². The van der Waals surface area contributed by atoms with Gasteiger partial charge in [-0.15, -0.1) is 0 Å². The second kappa shape index (κ2) is 8.52. The van der Waals surface area contributed by atoms with Gasteiger partial charge in [0.25, 0.3) is 5.91 Å². The van der Waals surface area contributed by atoms with Crippen molar-refractivity contribution in [1.29, 1.82) is 0 Å². The van der Waals surface area contributed by atoms with E-state index >= 15 is 0 Å². The maximum absolute atomic E-state index is 13.6. The molecule has 6 heteroatoms. The van der Waals surface area contributed by atoms with Crippen molar-refractivity contribution in [3.8, 4) is 0 Å². The summed E-state index contributed by atoms with van der Waals surface area (Å²) < 4.78 is 1.58. The number of ketones is 1. The molecule has 1 aliphatic heterocycles. The lowest BCUT2D eigenvalue weighted by molar-refractivity contribution is -0.136. The Balaban J connectivity index is 1.50. The van der Waals surface area contributed by atoms with Crippen molar-refractivity contribution in [2.45, 2.75) is 18.6 Å². The van der Waals surface area contributed by atoms with Crippen LogP contribution in [0.15, 0.2) is 93.9 Å². The summed E-state index contributed by atoms with van der Waals surface area (Å²) >= 11 is 6.80. The van der Waals surface area contributed by atoms with E-state index in [9.17, 15) is 14.7 Å². The zero-order valence-corrected chi connectivity index (χ0v) is 20.6. The fourth-order valence-electron chi connectivity index (χ4n) is 4.34. The Morgan fingerprint density at radius 3 is 2.30 bits per heavy atom. The van der Waals surface area contributed by atoms with Crippen LogP contribution in [-0.4, -0.2) is 16.8 Å². The second-order valence-electron chi connectivity index (χ2n) is 8.20. The molecule has 4 aromatic carbocycles. The molecule has 4 nitrogen and oxygen atoms in total. The summed E-state index contributed by atoms with van der Waals surface area (Å²) in [5.74, 6) is -0.786. The molecule has 164 valence electrons. The highest BCUT2D eigenvalue weighted by Crippen LogP contribution is 2.45. The Bertz CT molecular complexity index is 1400. The number of hydrogen-bond acceptors (Lipinski definition) is 3. The van der Waals surface area contributed by atoms with Gasteiger partial charge in [-0.25, -0.2) is 0 Å². The first-order valence-electron chi connectivity index (χ1n) is 10.5. The van der Waals surface area contributed by atoms with Gasteiger partial charge in [0.2, 0.25) is 0 Å². The lowest BCUT2D eigenvalue weighted by Crippen LogP contribution is -2.41. The number of nitrogens with zero attached hydrogens (tertiary/aromatic N) is 1. The number of halogens is 2. The predicted octanol–water partition coefficient (Wildman–Crippen LogP) is 6.37. The molecule has 4 aromatic rings. The predicted molar refractivity (Wildman–Crippen MR) is 136 cm³/mol. The number of fused-ring (bicyclic) bond motifs is 2. The van der Waals surface area contributed by atoms with E-state index in [0.717, 1.165) is 25.3 Å². The molecule has 0 bridgehead atoms. The summed E-state index contributed by atoms with van der Waals surface area (Å²) in [5.41, 5.74) is 0.513. The Hall–Kier alpha value is -2.80. The first-order chi connectivity index (χ1) is 15.8. The van der Waals surface area contributed by atoms with Crippen LogP contribution < -0.4 is 4.90 Å². The van der Waals surface area contributed by atoms with E-state index in [0.29, 0.717) is 23.4 Å². The number of benzene rings is 4. The number of hydrogen-bond donors (Lipinski definition) is 1. The van der Waals surface area contributed by atoms with E-state index in [-0.39, 0.29) is 12.2 Å². The Morgan fingerprint density at radius 2 is 1.55 bits per heavy atom. The maximum atomic E-state index is 13.6. The number of carbonyl (C=O) groups excluding carboxylic acids is 2. The van der Waals surface area contributed by atoms with E-state index in [1.165, 1.54) is 0 Å². The van der Waals surface area contributed by atoms with Gasteiger partial charge in [0, 0.05) is 20.1 Å². The number of anilines is 1. The summed E-state index contributed by atoms with van der Waals surface area (Å²) in [6.45, 7) is 0.299. The van der Waals surface area contributed by atoms with Crippen molar-refractivity contribution in [2.24, 2.45) is 0 Å². The molecule has 1 N–H and O–H groups in total. The van der Waals surface area contributed by atoms with Crippen LogP contribution in [0.25, 0.3) is 10.8 Å². The highest BCUT2D eigenvalue weighted by Gasteiger charge is 2.51. The molecule has 0 saturated heterocycles. The monoisotopic (exact) mass is 563 g/mol. The molecule has 1 atom stereocenters. The smallest absolute Gasteiger partial charge is 0.264 e. The van der Waals surface area contributed by atoms with E-state index in [1.807, 2.05) is 48.5 Å². The SMILES string of the molecule is O=C(CC1(O)C(=O)N(Cc2ccc3ccccc3c2)c2ccc(Br)cc21)c1ccc(Br)cc1. The van der Waals surface area contributed by atoms with Crippen LogP contribution in [0.3, 0.4) is 0 Å². The highest BCUT2D eigenvalue weighted by atomic mass is 79.9. The average molecular weight is 565 g/mol. The van der Waals surface area contributed by atoms with Crippen molar-refractivity contribution in [3.05, 3.63) is 111 Å². The van der Waals surface area contributed by atoms with Crippen LogP contribution in [0.4, 0.5) is 5.69 Å². The van der Waals surface area contributed by atoms with E-state index in [4.69, 9.17) is 0 Å². The third-order valence-electron chi connectivity index (χ3n) is 6.03. The van der Waals surface area contributed by atoms with Crippen molar-refractivity contribution < 1.29 is 14.7 Å². The topological polar surface area (TPSA) is 57.6 Å². The van der Waals surface area contributed by atoms with Crippen molar-refractivity contribution in [2.75, 3.05) is 4.90 Å². The maximum Gasteiger partial charge on any atom is 0.264 e. The Morgan fingerprint density at radius 1 is 0.848 bits per heavy atom. The molecule has 0 spiro atoms. The fourth-order valence-corrected chi connectivity index (χ4v) is 4.97. The van der Waals surface area contributed by atoms with Gasteiger partial charge in [-0.1, -0.05) is 80.4 Å². The minimum absolute atomic E-state index is 0.295. The molecule has 33 heavy (non-hydrogen) atoms. The van der Waals surface area contributed by atoms with Crippen LogP contribution in [0.5, 0.6) is 0 Å². The van der Waals surface area contributed by atoms with Gasteiger partial charge in [0.15, 0.2) is 11.4 Å². The molecule has 0 aliphatic carbocycles. The molecule has 0 aromatic heterocycles. The second-order valence-corrected chi connectivity index (χ2v) is 10.0. The van der Waals surface area contributed by atoms with Gasteiger partial charge in [-0.3, -0.25) is 9.59 Å². The zero-order valence-electron chi connectivity index (χ0n) is 17.5. The Kier molecular flexibility index (Phi) is 5.69. The van der Waals surface area contributed by atoms with Gasteiger partial charge in [0.05, 0.1) is 18.7 Å². The molecular weight excluding hydrogens is 546 g/mol. The quantitative estimate of drug-likeness (QED) is 0.286. The standard InChI is InChI=1S/C27H19Br2NO3/c28-21-9-7-19(8-10-21)25(31)15-27(33)23-14-22(29)11-12-24(23)30(26(27)32)16-17-5-6-18-3-1-2-4-20(18)13-17/h1-14,33H,15-16H2. The average Bonchev–Trinajstić information content (AvgIpc) is 3.00. The van der Waals surface area contributed by atoms with Crippen molar-refractivity contribution in [3.63, 3.8) is 0 Å². The van der Waals surface area contributed by atoms with Gasteiger partial charge in [0.1, 0.15) is 0 Å². The molecular formula is C27H19Br2NO3. The minimum Gasteiger partial charge on any atom is -0.375 e. The molecule has 0 radical (unpaired) electrons. The molecule has 0 saturated carbocycles. The van der Waals surface area contributed by atoms with Crippen LogP contribution in [0, 0.1) is 0 Å². The molecule has 1 unspecified atom stereocenters. The van der Waals surface area contributed by atoms with E-state index < -0.39 is 11.5 Å². The number of rotatable bonds is 5. The molecule has 1 amide bonds. The number of Topliss-reactive ketones (excluding diaryl/α,β-unsaturated/α-hetero) is 1. The molecule has 1 heterocycles. The van der Waals surface area contributed by atoms with E-state index in [2.05, 4.69) is 31.9 Å². The number of aliphatic hydroxyl groups is 1. The van der Waals surface area contributed by atoms with Gasteiger partial charge < -0.3 is 10.0 Å². The van der Waals surface area contributed by atoms with Gasteiger partial charge in [-0.05, 0) is 52.7 Å². The molecule has 0 fully saturated rings. The van der Waals surface area contributed by atoms with Gasteiger partial charge >= 0.3 is 0 Å². The summed E-state index contributed by atoms with van der Waals surface area (Å²) in [6.07, 6.45) is -0.328. The first kappa shape index (κ1) is 22.0. The lowest BCUT2D eigenvalue weighted by atomic mass is 9.88. The fraction of sp³-hybridized carbons (Fsp3) is 0.111. The third-order valence-corrected chi connectivity index (χ3v) is 7.05. The summed E-state index contributed by atoms with van der Waals surface area (Å²) in [4.78, 5) is 28.2. The number of carbonyl (C=O) groups is 2. The highest BCUT2D eigenvalue weighted by molar-refractivity contribution is 9.10. The number of amides is 1. The lowest BCUT2D eigenvalue weighted by Gasteiger charge is -2.23. The first-order valence-corrected chi connectivity index (χ1v) is 12.0. The molecule has 5 rings (SSSR count). The van der Waals surface area contributed by atoms with Crippen molar-refractivity contribution in [1.82, 2.24) is 0 Å². The van der Waals surface area contributed by atoms with Gasteiger partial charge in [-0.2, -0.15) is 0 Å². The minimum atomic E-state index is -1.93. The zero-order chi connectivity index (χ0) is 23.2. The van der Waals surface area contributed by atoms with Crippen LogP contribution in [-0.2, 0) is 16.9 Å². The van der Waals surface area contributed by atoms with Crippen LogP contribution in [0.1, 0.15) is 27.9 Å². The summed E-state index contributed by atoms with van der Waals surface area (Å²) in [6, 6.07) is 26.4. The van der Waals surface area contributed by atoms with Crippen molar-refractivity contribution >= 4 is 60.0 Å². The summed E-state index contributed by atoms with van der Waals surface area (Å²) in [7, 11) is 0. The Labute approximate surface area is 208 Å². The largest absolute Gasteiger partial charge is 0.375 e. The summed E-state index contributed by atoms with van der Waals surface area (Å²) in [5, 5.41) is 13.8.